The summed E-state index contributed by atoms with van der Waals surface area (Å²) in [6, 6.07) is 0. The van der Waals surface area contributed by atoms with E-state index in [-0.39, 0.29) is 12.4 Å². The number of rotatable bonds is 6. The molecule has 0 heterocycles. The van der Waals surface area contributed by atoms with Gasteiger partial charge in [-0.1, -0.05) is 13.3 Å². The van der Waals surface area contributed by atoms with E-state index in [2.05, 4.69) is 4.72 Å². The largest absolute Gasteiger partial charge is 0.394 e. The molecule has 0 aromatic rings. The molecule has 0 atom stereocenters. The van der Waals surface area contributed by atoms with Gasteiger partial charge in [0.05, 0.1) is 17.9 Å². The second kappa shape index (κ2) is 4.93. The fourth-order valence-electron chi connectivity index (χ4n) is 0.839. The highest BCUT2D eigenvalue weighted by Gasteiger charge is 2.23. The van der Waals surface area contributed by atoms with E-state index in [1.807, 2.05) is 6.92 Å². The van der Waals surface area contributed by atoms with Crippen molar-refractivity contribution >= 4 is 10.0 Å². The Morgan fingerprint density at radius 2 is 1.92 bits per heavy atom. The molecule has 5 heteroatoms. The first-order valence-electron chi connectivity index (χ1n) is 4.45. The minimum atomic E-state index is -3.22. The molecule has 0 rings (SSSR count). The summed E-state index contributed by atoms with van der Waals surface area (Å²) < 4.78 is 25.1. The van der Waals surface area contributed by atoms with Crippen LogP contribution in [0.25, 0.3) is 0 Å². The van der Waals surface area contributed by atoms with E-state index in [1.54, 1.807) is 13.8 Å². The van der Waals surface area contributed by atoms with E-state index < -0.39 is 15.6 Å². The summed E-state index contributed by atoms with van der Waals surface area (Å²) in [7, 11) is -3.22. The molecule has 13 heavy (non-hydrogen) atoms. The van der Waals surface area contributed by atoms with Crippen LogP contribution in [0.5, 0.6) is 0 Å². The third-order valence-electron chi connectivity index (χ3n) is 1.59. The van der Waals surface area contributed by atoms with Crippen molar-refractivity contribution in [3.63, 3.8) is 0 Å². The maximum Gasteiger partial charge on any atom is 0.212 e. The lowest BCUT2D eigenvalue weighted by Crippen LogP contribution is -2.47. The summed E-state index contributed by atoms with van der Waals surface area (Å²) in [5.41, 5.74) is -0.757. The minimum Gasteiger partial charge on any atom is -0.394 e. The van der Waals surface area contributed by atoms with Crippen molar-refractivity contribution in [2.24, 2.45) is 0 Å². The molecule has 0 amide bonds. The molecular weight excluding hydrogens is 190 g/mol. The quantitative estimate of drug-likeness (QED) is 0.668. The second-order valence-corrected chi connectivity index (χ2v) is 5.66. The Labute approximate surface area is 80.4 Å². The van der Waals surface area contributed by atoms with E-state index in [9.17, 15) is 8.42 Å². The maximum absolute atomic E-state index is 11.3. The highest BCUT2D eigenvalue weighted by Crippen LogP contribution is 2.04. The number of sulfonamides is 1. The van der Waals surface area contributed by atoms with Crippen LogP contribution in [0.4, 0.5) is 0 Å². The van der Waals surface area contributed by atoms with Crippen molar-refractivity contribution in [2.45, 2.75) is 39.2 Å². The summed E-state index contributed by atoms with van der Waals surface area (Å²) in [6.07, 6.45) is 1.50. The lowest BCUT2D eigenvalue weighted by atomic mass is 10.1. The molecule has 0 aromatic carbocycles. The van der Waals surface area contributed by atoms with Gasteiger partial charge in [0.2, 0.25) is 10.0 Å². The molecule has 0 aliphatic rings. The van der Waals surface area contributed by atoms with Gasteiger partial charge in [0, 0.05) is 0 Å². The van der Waals surface area contributed by atoms with Gasteiger partial charge in [0.1, 0.15) is 0 Å². The smallest absolute Gasteiger partial charge is 0.212 e. The van der Waals surface area contributed by atoms with Gasteiger partial charge in [-0.2, -0.15) is 0 Å². The van der Waals surface area contributed by atoms with Crippen LogP contribution in [0, 0.1) is 0 Å². The molecule has 0 saturated heterocycles. The third kappa shape index (κ3) is 6.01. The Morgan fingerprint density at radius 1 is 1.38 bits per heavy atom. The zero-order valence-electron chi connectivity index (χ0n) is 8.50. The Kier molecular flexibility index (Phi) is 4.88. The highest BCUT2D eigenvalue weighted by molar-refractivity contribution is 7.89. The van der Waals surface area contributed by atoms with Gasteiger partial charge in [-0.25, -0.2) is 13.1 Å². The Bertz CT molecular complexity index is 234. The van der Waals surface area contributed by atoms with Crippen LogP contribution >= 0.6 is 0 Å². The molecule has 0 radical (unpaired) electrons. The molecule has 2 N–H and O–H groups in total. The monoisotopic (exact) mass is 209 g/mol. The SMILES string of the molecule is CCCCS(=O)(=O)NC(C)(C)CO. The highest BCUT2D eigenvalue weighted by atomic mass is 32.2. The van der Waals surface area contributed by atoms with Gasteiger partial charge in [-0.15, -0.1) is 0 Å². The molecule has 0 saturated carbocycles. The van der Waals surface area contributed by atoms with Gasteiger partial charge in [0.25, 0.3) is 0 Å². The fraction of sp³-hybridized carbons (Fsp3) is 1.00. The van der Waals surface area contributed by atoms with Crippen LogP contribution in [-0.4, -0.2) is 31.4 Å². The first-order valence-corrected chi connectivity index (χ1v) is 6.11. The molecule has 0 aliphatic heterocycles. The average molecular weight is 209 g/mol. The van der Waals surface area contributed by atoms with Crippen molar-refractivity contribution in [1.29, 1.82) is 0 Å². The van der Waals surface area contributed by atoms with Crippen LogP contribution in [0.2, 0.25) is 0 Å². The van der Waals surface area contributed by atoms with Gasteiger partial charge < -0.3 is 5.11 Å². The molecule has 0 unspecified atom stereocenters. The Balaban J connectivity index is 4.18. The molecule has 0 bridgehead atoms. The molecule has 0 aliphatic carbocycles. The predicted octanol–water partition coefficient (Wildman–Crippen LogP) is 0.477. The maximum atomic E-state index is 11.3. The lowest BCUT2D eigenvalue weighted by molar-refractivity contribution is 0.208. The third-order valence-corrected chi connectivity index (χ3v) is 3.28. The van der Waals surface area contributed by atoms with E-state index in [1.165, 1.54) is 0 Å². The van der Waals surface area contributed by atoms with E-state index in [0.717, 1.165) is 6.42 Å². The molecular formula is C8H19NO3S. The number of aliphatic hydroxyl groups is 1. The number of aliphatic hydroxyl groups excluding tert-OH is 1. The fourth-order valence-corrected chi connectivity index (χ4v) is 2.52. The van der Waals surface area contributed by atoms with Crippen LogP contribution < -0.4 is 4.72 Å². The first kappa shape index (κ1) is 12.9. The predicted molar refractivity (Wildman–Crippen MR) is 53.0 cm³/mol. The molecule has 80 valence electrons. The van der Waals surface area contributed by atoms with Crippen LogP contribution in [0.1, 0.15) is 33.6 Å². The minimum absolute atomic E-state index is 0.132. The number of nitrogens with one attached hydrogen (secondary N) is 1. The summed E-state index contributed by atoms with van der Waals surface area (Å²) >= 11 is 0. The second-order valence-electron chi connectivity index (χ2n) is 3.82. The van der Waals surface area contributed by atoms with Crippen molar-refractivity contribution in [1.82, 2.24) is 4.72 Å². The number of unbranched alkanes of at least 4 members (excludes halogenated alkanes) is 1. The summed E-state index contributed by atoms with van der Waals surface area (Å²) in [5, 5.41) is 8.86. The van der Waals surface area contributed by atoms with Crippen LogP contribution in [-0.2, 0) is 10.0 Å². The Morgan fingerprint density at radius 3 is 2.31 bits per heavy atom. The molecule has 4 nitrogen and oxygen atoms in total. The number of hydrogen-bond donors (Lipinski definition) is 2. The van der Waals surface area contributed by atoms with Crippen molar-refractivity contribution in [2.75, 3.05) is 12.4 Å². The van der Waals surface area contributed by atoms with E-state index in [4.69, 9.17) is 5.11 Å². The van der Waals surface area contributed by atoms with Gasteiger partial charge in [0.15, 0.2) is 0 Å². The standard InChI is InChI=1S/C8H19NO3S/c1-4-5-6-13(11,12)9-8(2,3)7-10/h9-10H,4-7H2,1-3H3. The first-order chi connectivity index (χ1) is 5.83. The summed E-state index contributed by atoms with van der Waals surface area (Å²) in [5.74, 6) is 0.132. The topological polar surface area (TPSA) is 66.4 Å². The van der Waals surface area contributed by atoms with Crippen LogP contribution in [0.15, 0.2) is 0 Å². The summed E-state index contributed by atoms with van der Waals surface area (Å²) in [4.78, 5) is 0. The normalized spacial score (nSPS) is 13.2. The van der Waals surface area contributed by atoms with Gasteiger partial charge in [-0.05, 0) is 20.3 Å². The Hall–Kier alpha value is -0.130. The van der Waals surface area contributed by atoms with Crippen molar-refractivity contribution < 1.29 is 13.5 Å². The lowest BCUT2D eigenvalue weighted by Gasteiger charge is -2.22. The zero-order chi connectivity index (χ0) is 10.5. The molecule has 0 aromatic heterocycles. The molecule has 0 fully saturated rings. The zero-order valence-corrected chi connectivity index (χ0v) is 9.32. The van der Waals surface area contributed by atoms with Crippen molar-refractivity contribution in [3.8, 4) is 0 Å². The summed E-state index contributed by atoms with van der Waals surface area (Å²) in [6.45, 7) is 5.04. The van der Waals surface area contributed by atoms with Crippen LogP contribution in [0.3, 0.4) is 0 Å². The van der Waals surface area contributed by atoms with Gasteiger partial charge in [-0.3, -0.25) is 0 Å². The van der Waals surface area contributed by atoms with Crippen molar-refractivity contribution in [3.05, 3.63) is 0 Å². The molecule has 0 spiro atoms. The van der Waals surface area contributed by atoms with E-state index >= 15 is 0 Å². The average Bonchev–Trinajstić information content (AvgIpc) is 1.99. The number of hydrogen-bond acceptors (Lipinski definition) is 3. The van der Waals surface area contributed by atoms with Gasteiger partial charge >= 0.3 is 0 Å². The van der Waals surface area contributed by atoms with E-state index in [0.29, 0.717) is 6.42 Å².